The minimum absolute atomic E-state index is 0.562. The van der Waals surface area contributed by atoms with Crippen LogP contribution in [0.2, 0.25) is 0 Å². The van der Waals surface area contributed by atoms with Crippen LogP contribution < -0.4 is 5.32 Å². The molecule has 0 bridgehead atoms. The van der Waals surface area contributed by atoms with E-state index in [1.807, 2.05) is 0 Å². The molecule has 1 aromatic rings. The van der Waals surface area contributed by atoms with Crippen LogP contribution in [0.15, 0.2) is 22.7 Å². The Morgan fingerprint density at radius 2 is 2.07 bits per heavy atom. The maximum absolute atomic E-state index is 5.34. The fourth-order valence-electron chi connectivity index (χ4n) is 1.83. The van der Waals surface area contributed by atoms with Crippen molar-refractivity contribution in [3.8, 4) is 0 Å². The Balaban J connectivity index is 2.06. The van der Waals surface area contributed by atoms with E-state index in [0.29, 0.717) is 6.04 Å². The van der Waals surface area contributed by atoms with Gasteiger partial charge in [0, 0.05) is 29.4 Å². The van der Waals surface area contributed by atoms with Crippen molar-refractivity contribution in [3.05, 3.63) is 28.2 Å². The number of benzene rings is 1. The minimum Gasteiger partial charge on any atom is -0.382 e. The van der Waals surface area contributed by atoms with E-state index in [1.165, 1.54) is 15.7 Å². The van der Waals surface area contributed by atoms with Crippen molar-refractivity contribution in [2.75, 3.05) is 18.5 Å². The molecule has 0 spiro atoms. The molecule has 15 heavy (non-hydrogen) atoms. The van der Waals surface area contributed by atoms with Gasteiger partial charge in [0.1, 0.15) is 0 Å². The van der Waals surface area contributed by atoms with Gasteiger partial charge in [-0.1, -0.05) is 22.0 Å². The maximum Gasteiger partial charge on any atom is 0.0485 e. The number of ether oxygens (including phenoxy) is 1. The van der Waals surface area contributed by atoms with E-state index >= 15 is 0 Å². The molecule has 1 N–H and O–H groups in total. The Hall–Kier alpha value is -0.540. The number of anilines is 1. The van der Waals surface area contributed by atoms with E-state index < -0.39 is 0 Å². The van der Waals surface area contributed by atoms with Crippen LogP contribution in [-0.2, 0) is 4.74 Å². The van der Waals surface area contributed by atoms with Gasteiger partial charge in [0.05, 0.1) is 0 Å². The van der Waals surface area contributed by atoms with Crippen molar-refractivity contribution < 1.29 is 4.74 Å². The second-order valence-corrected chi connectivity index (χ2v) is 4.80. The standard InChI is InChI=1S/C12H16BrNO/c1-9-11(13)3-2-4-12(9)14-10-5-7-15-8-6-10/h2-4,10,14H,5-8H2,1H3. The Morgan fingerprint density at radius 3 is 2.80 bits per heavy atom. The van der Waals surface area contributed by atoms with Gasteiger partial charge < -0.3 is 10.1 Å². The molecule has 0 aliphatic carbocycles. The molecule has 1 aromatic carbocycles. The summed E-state index contributed by atoms with van der Waals surface area (Å²) in [4.78, 5) is 0. The monoisotopic (exact) mass is 269 g/mol. The highest BCUT2D eigenvalue weighted by Crippen LogP contribution is 2.25. The molecule has 0 unspecified atom stereocenters. The third-order valence-corrected chi connectivity index (χ3v) is 3.71. The molecule has 0 aromatic heterocycles. The molecule has 1 heterocycles. The van der Waals surface area contributed by atoms with E-state index in [2.05, 4.69) is 46.4 Å². The van der Waals surface area contributed by atoms with Crippen molar-refractivity contribution in [2.24, 2.45) is 0 Å². The Labute approximate surface area is 99.1 Å². The number of hydrogen-bond donors (Lipinski definition) is 1. The third kappa shape index (κ3) is 2.73. The predicted octanol–water partition coefficient (Wildman–Crippen LogP) is 3.35. The normalized spacial score (nSPS) is 17.7. The fraction of sp³-hybridized carbons (Fsp3) is 0.500. The van der Waals surface area contributed by atoms with Gasteiger partial charge in [-0.25, -0.2) is 0 Å². The average Bonchev–Trinajstić information content (AvgIpc) is 2.26. The first-order chi connectivity index (χ1) is 7.27. The van der Waals surface area contributed by atoms with E-state index in [-0.39, 0.29) is 0 Å². The van der Waals surface area contributed by atoms with Crippen molar-refractivity contribution in [3.63, 3.8) is 0 Å². The van der Waals surface area contributed by atoms with Crippen LogP contribution in [0.3, 0.4) is 0 Å². The van der Waals surface area contributed by atoms with Crippen molar-refractivity contribution >= 4 is 21.6 Å². The molecule has 1 fully saturated rings. The molecule has 1 aliphatic rings. The van der Waals surface area contributed by atoms with Crippen molar-refractivity contribution in [1.82, 2.24) is 0 Å². The minimum atomic E-state index is 0.562. The summed E-state index contributed by atoms with van der Waals surface area (Å²) in [7, 11) is 0. The summed E-state index contributed by atoms with van der Waals surface area (Å²) in [5.41, 5.74) is 2.51. The summed E-state index contributed by atoms with van der Waals surface area (Å²) >= 11 is 3.55. The first-order valence-corrected chi connectivity index (χ1v) is 6.16. The van der Waals surface area contributed by atoms with Crippen LogP contribution >= 0.6 is 15.9 Å². The first kappa shape index (κ1) is 11.0. The highest BCUT2D eigenvalue weighted by atomic mass is 79.9. The van der Waals surface area contributed by atoms with Gasteiger partial charge in [0.2, 0.25) is 0 Å². The lowest BCUT2D eigenvalue weighted by Crippen LogP contribution is -2.28. The molecule has 3 heteroatoms. The van der Waals surface area contributed by atoms with E-state index in [1.54, 1.807) is 0 Å². The first-order valence-electron chi connectivity index (χ1n) is 5.37. The van der Waals surface area contributed by atoms with Gasteiger partial charge in [-0.05, 0) is 37.5 Å². The Bertz CT molecular complexity index is 334. The van der Waals surface area contributed by atoms with Crippen LogP contribution in [0.25, 0.3) is 0 Å². The van der Waals surface area contributed by atoms with E-state index in [9.17, 15) is 0 Å². The smallest absolute Gasteiger partial charge is 0.0485 e. The number of halogens is 1. The topological polar surface area (TPSA) is 21.3 Å². The Kier molecular flexibility index (Phi) is 3.65. The molecule has 0 radical (unpaired) electrons. The quantitative estimate of drug-likeness (QED) is 0.889. The van der Waals surface area contributed by atoms with Crippen molar-refractivity contribution in [2.45, 2.75) is 25.8 Å². The molecule has 0 saturated carbocycles. The molecule has 1 aliphatic heterocycles. The zero-order valence-electron chi connectivity index (χ0n) is 8.92. The molecule has 82 valence electrons. The lowest BCUT2D eigenvalue weighted by atomic mass is 10.1. The summed E-state index contributed by atoms with van der Waals surface area (Å²) in [6.07, 6.45) is 2.21. The zero-order valence-corrected chi connectivity index (χ0v) is 10.5. The molecule has 2 nitrogen and oxygen atoms in total. The summed E-state index contributed by atoms with van der Waals surface area (Å²) in [6, 6.07) is 6.84. The van der Waals surface area contributed by atoms with Crippen LogP contribution in [0.4, 0.5) is 5.69 Å². The molecular formula is C12H16BrNO. The lowest BCUT2D eigenvalue weighted by Gasteiger charge is -2.25. The highest BCUT2D eigenvalue weighted by Gasteiger charge is 2.14. The average molecular weight is 270 g/mol. The molecular weight excluding hydrogens is 254 g/mol. The summed E-state index contributed by atoms with van der Waals surface area (Å²) in [5, 5.41) is 3.58. The van der Waals surface area contributed by atoms with Crippen molar-refractivity contribution in [1.29, 1.82) is 0 Å². The van der Waals surface area contributed by atoms with Gasteiger partial charge >= 0.3 is 0 Å². The third-order valence-electron chi connectivity index (χ3n) is 2.85. The highest BCUT2D eigenvalue weighted by molar-refractivity contribution is 9.10. The van der Waals surface area contributed by atoms with Gasteiger partial charge in [-0.2, -0.15) is 0 Å². The maximum atomic E-state index is 5.34. The fourth-order valence-corrected chi connectivity index (χ4v) is 2.19. The molecule has 1 saturated heterocycles. The summed E-state index contributed by atoms with van der Waals surface area (Å²) in [6.45, 7) is 3.89. The van der Waals surface area contributed by atoms with Crippen LogP contribution in [0.5, 0.6) is 0 Å². The van der Waals surface area contributed by atoms with Gasteiger partial charge in [0.15, 0.2) is 0 Å². The van der Waals surface area contributed by atoms with Gasteiger partial charge in [-0.3, -0.25) is 0 Å². The van der Waals surface area contributed by atoms with Crippen LogP contribution in [0, 0.1) is 6.92 Å². The van der Waals surface area contributed by atoms with E-state index in [0.717, 1.165) is 26.1 Å². The van der Waals surface area contributed by atoms with Crippen LogP contribution in [0.1, 0.15) is 18.4 Å². The SMILES string of the molecule is Cc1c(Br)cccc1NC1CCOCC1. The molecule has 0 amide bonds. The largest absolute Gasteiger partial charge is 0.382 e. The van der Waals surface area contributed by atoms with Crippen LogP contribution in [-0.4, -0.2) is 19.3 Å². The second kappa shape index (κ2) is 4.99. The number of hydrogen-bond acceptors (Lipinski definition) is 2. The van der Waals surface area contributed by atoms with Gasteiger partial charge in [-0.15, -0.1) is 0 Å². The summed E-state index contributed by atoms with van der Waals surface area (Å²) in [5.74, 6) is 0. The van der Waals surface area contributed by atoms with Gasteiger partial charge in [0.25, 0.3) is 0 Å². The number of nitrogens with one attached hydrogen (secondary N) is 1. The molecule has 0 atom stereocenters. The summed E-state index contributed by atoms with van der Waals surface area (Å²) < 4.78 is 6.51. The number of rotatable bonds is 2. The predicted molar refractivity (Wildman–Crippen MR) is 66.3 cm³/mol. The zero-order chi connectivity index (χ0) is 10.7. The lowest BCUT2D eigenvalue weighted by molar-refractivity contribution is 0.0904. The second-order valence-electron chi connectivity index (χ2n) is 3.94. The van der Waals surface area contributed by atoms with E-state index in [4.69, 9.17) is 4.74 Å². The Morgan fingerprint density at radius 1 is 1.33 bits per heavy atom. The molecule has 2 rings (SSSR count).